The molecular formula is C25H21N3O2S. The van der Waals surface area contributed by atoms with Crippen LogP contribution in [0.3, 0.4) is 0 Å². The summed E-state index contributed by atoms with van der Waals surface area (Å²) in [7, 11) is 0. The van der Waals surface area contributed by atoms with Crippen molar-refractivity contribution in [3.05, 3.63) is 93.4 Å². The molecule has 0 aliphatic heterocycles. The van der Waals surface area contributed by atoms with Crippen molar-refractivity contribution in [3.63, 3.8) is 0 Å². The molecule has 0 saturated carbocycles. The van der Waals surface area contributed by atoms with Crippen LogP contribution in [0, 0.1) is 6.92 Å². The van der Waals surface area contributed by atoms with Crippen LogP contribution in [0.1, 0.15) is 33.5 Å². The number of benzene rings is 2. The average Bonchev–Trinajstić information content (AvgIpc) is 3.25. The molecule has 5 nitrogen and oxygen atoms in total. The molecule has 4 aromatic rings. The molecule has 6 heteroatoms. The third kappa shape index (κ3) is 3.79. The summed E-state index contributed by atoms with van der Waals surface area (Å²) in [5.74, 6) is 0.747. The third-order valence-corrected chi connectivity index (χ3v) is 6.57. The fourth-order valence-corrected chi connectivity index (χ4v) is 4.91. The SMILES string of the molecule is Cc1ccnc(-n2c(SCC(=O)c3ccc4c(c3)CCC4)nc3ccccc3c2=O)c1. The van der Waals surface area contributed by atoms with Crippen LogP contribution < -0.4 is 5.56 Å². The Morgan fingerprint density at radius 2 is 1.90 bits per heavy atom. The van der Waals surface area contributed by atoms with E-state index >= 15 is 0 Å². The van der Waals surface area contributed by atoms with Crippen molar-refractivity contribution in [1.82, 2.24) is 14.5 Å². The number of Topliss-reactive ketones (excluding diaryl/α,β-unsaturated/α-hetero) is 1. The van der Waals surface area contributed by atoms with Gasteiger partial charge >= 0.3 is 0 Å². The summed E-state index contributed by atoms with van der Waals surface area (Å²) in [6, 6.07) is 17.0. The number of carbonyl (C=O) groups is 1. The number of aromatic nitrogens is 3. The number of hydrogen-bond donors (Lipinski definition) is 0. The number of rotatable bonds is 5. The number of nitrogens with zero attached hydrogens (tertiary/aromatic N) is 3. The van der Waals surface area contributed by atoms with Gasteiger partial charge in [-0.15, -0.1) is 0 Å². The van der Waals surface area contributed by atoms with E-state index in [1.54, 1.807) is 12.3 Å². The van der Waals surface area contributed by atoms with Crippen LogP contribution in [0.5, 0.6) is 0 Å². The highest BCUT2D eigenvalue weighted by Gasteiger charge is 2.18. The Labute approximate surface area is 184 Å². The monoisotopic (exact) mass is 427 g/mol. The van der Waals surface area contributed by atoms with Crippen molar-refractivity contribution >= 4 is 28.4 Å². The van der Waals surface area contributed by atoms with Gasteiger partial charge in [-0.05, 0) is 73.2 Å². The average molecular weight is 428 g/mol. The van der Waals surface area contributed by atoms with Crippen molar-refractivity contribution in [3.8, 4) is 5.82 Å². The zero-order chi connectivity index (χ0) is 21.4. The number of carbonyl (C=O) groups excluding carboxylic acids is 1. The number of hydrogen-bond acceptors (Lipinski definition) is 5. The maximum atomic E-state index is 13.3. The van der Waals surface area contributed by atoms with Crippen LogP contribution >= 0.6 is 11.8 Å². The van der Waals surface area contributed by atoms with Gasteiger partial charge in [0.2, 0.25) is 0 Å². The van der Waals surface area contributed by atoms with Gasteiger partial charge in [0.05, 0.1) is 16.7 Å². The minimum absolute atomic E-state index is 0.0332. The maximum Gasteiger partial charge on any atom is 0.267 e. The molecule has 154 valence electrons. The Hall–Kier alpha value is -3.25. The second-order valence-electron chi connectivity index (χ2n) is 7.79. The minimum atomic E-state index is -0.184. The van der Waals surface area contributed by atoms with Crippen molar-refractivity contribution in [2.24, 2.45) is 0 Å². The van der Waals surface area contributed by atoms with Crippen molar-refractivity contribution < 1.29 is 4.79 Å². The van der Waals surface area contributed by atoms with E-state index in [-0.39, 0.29) is 17.1 Å². The summed E-state index contributed by atoms with van der Waals surface area (Å²) in [5.41, 5.74) is 4.77. The Kier molecular flexibility index (Phi) is 5.16. The second kappa shape index (κ2) is 8.12. The topological polar surface area (TPSA) is 64.8 Å². The van der Waals surface area contributed by atoms with Gasteiger partial charge in [-0.1, -0.05) is 36.0 Å². The zero-order valence-corrected chi connectivity index (χ0v) is 18.0. The first-order valence-electron chi connectivity index (χ1n) is 10.3. The van der Waals surface area contributed by atoms with E-state index < -0.39 is 0 Å². The second-order valence-corrected chi connectivity index (χ2v) is 8.73. The molecule has 31 heavy (non-hydrogen) atoms. The fourth-order valence-electron chi connectivity index (χ4n) is 4.01. The van der Waals surface area contributed by atoms with Gasteiger partial charge in [0.25, 0.3) is 5.56 Å². The van der Waals surface area contributed by atoms with E-state index in [4.69, 9.17) is 4.98 Å². The number of fused-ring (bicyclic) bond motifs is 2. The molecule has 0 unspecified atom stereocenters. The Morgan fingerprint density at radius 3 is 2.77 bits per heavy atom. The molecule has 0 amide bonds. The lowest BCUT2D eigenvalue weighted by Crippen LogP contribution is -2.23. The molecule has 0 fully saturated rings. The molecule has 0 saturated heterocycles. The zero-order valence-electron chi connectivity index (χ0n) is 17.2. The molecule has 2 aromatic carbocycles. The van der Waals surface area contributed by atoms with Gasteiger partial charge in [-0.2, -0.15) is 0 Å². The molecule has 1 aliphatic carbocycles. The highest BCUT2D eigenvalue weighted by molar-refractivity contribution is 7.99. The molecule has 0 bridgehead atoms. The Balaban J connectivity index is 1.52. The van der Waals surface area contributed by atoms with E-state index in [0.717, 1.165) is 30.4 Å². The first-order chi connectivity index (χ1) is 15.1. The standard InChI is InChI=1S/C25H21N3O2S/c1-16-11-12-26-23(13-16)28-24(30)20-7-2-3-8-21(20)27-25(28)31-15-22(29)19-10-9-17-5-4-6-18(17)14-19/h2-3,7-14H,4-6,15H2,1H3. The number of pyridine rings is 1. The molecule has 0 N–H and O–H groups in total. The fraction of sp³-hybridized carbons (Fsp3) is 0.200. The van der Waals surface area contributed by atoms with Crippen LogP contribution in [-0.4, -0.2) is 26.1 Å². The Bertz CT molecular complexity index is 1380. The van der Waals surface area contributed by atoms with E-state index in [1.807, 2.05) is 49.4 Å². The lowest BCUT2D eigenvalue weighted by molar-refractivity contribution is 0.102. The molecule has 1 aliphatic rings. The summed E-state index contributed by atoms with van der Waals surface area (Å²) < 4.78 is 1.51. The first kappa shape index (κ1) is 19.7. The van der Waals surface area contributed by atoms with Crippen molar-refractivity contribution in [1.29, 1.82) is 0 Å². The van der Waals surface area contributed by atoms with Gasteiger partial charge < -0.3 is 0 Å². The summed E-state index contributed by atoms with van der Waals surface area (Å²) >= 11 is 1.28. The highest BCUT2D eigenvalue weighted by Crippen LogP contribution is 2.25. The smallest absolute Gasteiger partial charge is 0.267 e. The lowest BCUT2D eigenvalue weighted by Gasteiger charge is -2.13. The number of thioether (sulfide) groups is 1. The predicted octanol–water partition coefficient (Wildman–Crippen LogP) is 4.55. The Morgan fingerprint density at radius 1 is 1.06 bits per heavy atom. The van der Waals surface area contributed by atoms with Gasteiger partial charge in [0.1, 0.15) is 5.82 Å². The normalized spacial score (nSPS) is 12.8. The highest BCUT2D eigenvalue weighted by atomic mass is 32.2. The van der Waals surface area contributed by atoms with E-state index in [2.05, 4.69) is 11.1 Å². The van der Waals surface area contributed by atoms with Crippen LogP contribution in [0.2, 0.25) is 0 Å². The van der Waals surface area contributed by atoms with Crippen LogP contribution in [0.15, 0.2) is 70.7 Å². The van der Waals surface area contributed by atoms with Crippen LogP contribution in [-0.2, 0) is 12.8 Å². The molecule has 2 heterocycles. The number of aryl methyl sites for hydroxylation is 3. The summed E-state index contributed by atoms with van der Waals surface area (Å²) in [5, 5.41) is 0.997. The molecule has 2 aromatic heterocycles. The van der Waals surface area contributed by atoms with Gasteiger partial charge in [-0.3, -0.25) is 9.59 Å². The first-order valence-corrected chi connectivity index (χ1v) is 11.3. The van der Waals surface area contributed by atoms with E-state index in [9.17, 15) is 9.59 Å². The predicted molar refractivity (Wildman–Crippen MR) is 123 cm³/mol. The van der Waals surface area contributed by atoms with Gasteiger partial charge in [0, 0.05) is 11.8 Å². The summed E-state index contributed by atoms with van der Waals surface area (Å²) in [6.45, 7) is 1.95. The maximum absolute atomic E-state index is 13.3. The van der Waals surface area contributed by atoms with Crippen molar-refractivity contribution in [2.45, 2.75) is 31.3 Å². The summed E-state index contributed by atoms with van der Waals surface area (Å²) in [4.78, 5) is 35.3. The number of ketones is 1. The van der Waals surface area contributed by atoms with Gasteiger partial charge in [0.15, 0.2) is 10.9 Å². The molecule has 5 rings (SSSR count). The molecule has 0 atom stereocenters. The van der Waals surface area contributed by atoms with E-state index in [0.29, 0.717) is 21.9 Å². The summed E-state index contributed by atoms with van der Waals surface area (Å²) in [6.07, 6.45) is 4.96. The van der Waals surface area contributed by atoms with E-state index in [1.165, 1.54) is 27.5 Å². The quantitative estimate of drug-likeness (QED) is 0.266. The van der Waals surface area contributed by atoms with Gasteiger partial charge in [-0.25, -0.2) is 14.5 Å². The van der Waals surface area contributed by atoms with Crippen LogP contribution in [0.4, 0.5) is 0 Å². The van der Waals surface area contributed by atoms with Crippen LogP contribution in [0.25, 0.3) is 16.7 Å². The number of para-hydroxylation sites is 1. The minimum Gasteiger partial charge on any atom is -0.293 e. The largest absolute Gasteiger partial charge is 0.293 e. The third-order valence-electron chi connectivity index (χ3n) is 5.63. The lowest BCUT2D eigenvalue weighted by atomic mass is 10.0. The van der Waals surface area contributed by atoms with Crippen molar-refractivity contribution in [2.75, 3.05) is 5.75 Å². The molecular weight excluding hydrogens is 406 g/mol. The molecule has 0 spiro atoms. The molecule has 0 radical (unpaired) electrons.